The molecule has 0 unspecified atom stereocenters. The van der Waals surface area contributed by atoms with Crippen molar-refractivity contribution in [2.75, 3.05) is 20.8 Å². The first-order chi connectivity index (χ1) is 8.65. The van der Waals surface area contributed by atoms with Crippen molar-refractivity contribution in [1.29, 1.82) is 0 Å². The fourth-order valence-electron chi connectivity index (χ4n) is 1.04. The highest BCUT2D eigenvalue weighted by Gasteiger charge is 2.16. The number of aromatic nitrogens is 2. The van der Waals surface area contributed by atoms with Gasteiger partial charge in [-0.3, -0.25) is 0 Å². The van der Waals surface area contributed by atoms with Crippen LogP contribution < -0.4 is 5.76 Å². The van der Waals surface area contributed by atoms with Gasteiger partial charge in [0, 0.05) is 14.2 Å². The van der Waals surface area contributed by atoms with Gasteiger partial charge < -0.3 is 18.7 Å². The summed E-state index contributed by atoms with van der Waals surface area (Å²) in [5, 5.41) is 9.03. The van der Waals surface area contributed by atoms with E-state index in [1.807, 2.05) is 0 Å². The molecule has 18 heavy (non-hydrogen) atoms. The van der Waals surface area contributed by atoms with E-state index in [9.17, 15) is 9.59 Å². The molecule has 100 valence electrons. The predicted molar refractivity (Wildman–Crippen MR) is 57.9 cm³/mol. The van der Waals surface area contributed by atoms with Gasteiger partial charge in [0.25, 0.3) is 0 Å². The summed E-state index contributed by atoms with van der Waals surface area (Å²) in [6, 6.07) is 0. The second-order valence-electron chi connectivity index (χ2n) is 3.17. The second kappa shape index (κ2) is 7.35. The van der Waals surface area contributed by atoms with E-state index in [4.69, 9.17) is 4.74 Å². The van der Waals surface area contributed by atoms with Crippen LogP contribution in [0.4, 0.5) is 0 Å². The van der Waals surface area contributed by atoms with Gasteiger partial charge in [-0.2, -0.15) is 0 Å². The van der Waals surface area contributed by atoms with Crippen molar-refractivity contribution >= 4 is 11.7 Å². The van der Waals surface area contributed by atoms with Crippen molar-refractivity contribution in [2.24, 2.45) is 5.16 Å². The predicted octanol–water partition coefficient (Wildman–Crippen LogP) is -0.555. The summed E-state index contributed by atoms with van der Waals surface area (Å²) in [4.78, 5) is 24.8. The molecule has 9 nitrogen and oxygen atoms in total. The van der Waals surface area contributed by atoms with Crippen molar-refractivity contribution in [3.8, 4) is 0 Å². The van der Waals surface area contributed by atoms with Gasteiger partial charge in [-0.15, -0.1) is 5.10 Å². The van der Waals surface area contributed by atoms with Gasteiger partial charge in [-0.1, -0.05) is 5.16 Å². The smallest absolute Gasteiger partial charge is 0.390 e. The Morgan fingerprint density at radius 2 is 2.00 bits per heavy atom. The largest absolute Gasteiger partial charge is 0.434 e. The van der Waals surface area contributed by atoms with Crippen molar-refractivity contribution in [1.82, 2.24) is 10.2 Å². The first-order valence-electron chi connectivity index (χ1n) is 4.93. The number of H-pyrrole nitrogens is 1. The van der Waals surface area contributed by atoms with E-state index >= 15 is 0 Å². The fourth-order valence-corrected chi connectivity index (χ4v) is 1.04. The molecule has 0 atom stereocenters. The van der Waals surface area contributed by atoms with Crippen molar-refractivity contribution in [3.63, 3.8) is 0 Å². The summed E-state index contributed by atoms with van der Waals surface area (Å²) >= 11 is 0. The SMILES string of the molecule is COCC1=NOC(=O)C1.COCc1n[nH]c(=O)o1. The molecule has 0 radical (unpaired) electrons. The molecule has 0 saturated heterocycles. The number of ether oxygens (including phenoxy) is 2. The van der Waals surface area contributed by atoms with E-state index in [0.29, 0.717) is 12.3 Å². The highest BCUT2D eigenvalue weighted by Crippen LogP contribution is 2.01. The molecule has 0 amide bonds. The lowest BCUT2D eigenvalue weighted by molar-refractivity contribution is -0.140. The maximum atomic E-state index is 10.3. The minimum absolute atomic E-state index is 0.221. The monoisotopic (exact) mass is 259 g/mol. The van der Waals surface area contributed by atoms with Gasteiger partial charge in [-0.25, -0.2) is 14.7 Å². The van der Waals surface area contributed by atoms with E-state index < -0.39 is 5.76 Å². The Morgan fingerprint density at radius 1 is 1.28 bits per heavy atom. The molecule has 1 aliphatic heterocycles. The normalized spacial score (nSPS) is 13.7. The van der Waals surface area contributed by atoms with E-state index in [0.717, 1.165) is 0 Å². The molecular formula is C9H13N3O6. The number of carbonyl (C=O) groups is 1. The Balaban J connectivity index is 0.000000180. The Kier molecular flexibility index (Phi) is 5.74. The Labute approximate surface area is 102 Å². The number of hydrogen-bond acceptors (Lipinski definition) is 8. The molecule has 0 bridgehead atoms. The van der Waals surface area contributed by atoms with E-state index in [1.54, 1.807) is 7.11 Å². The lowest BCUT2D eigenvalue weighted by Crippen LogP contribution is -2.05. The highest BCUT2D eigenvalue weighted by molar-refractivity contribution is 6.02. The Hall–Kier alpha value is -2.00. The molecule has 1 aliphatic rings. The molecule has 9 heteroatoms. The number of carbonyl (C=O) groups excluding carboxylic acids is 1. The van der Waals surface area contributed by atoms with Crippen LogP contribution in [0.15, 0.2) is 14.4 Å². The molecule has 0 spiro atoms. The van der Waals surface area contributed by atoms with Crippen LogP contribution in [-0.2, 0) is 25.7 Å². The zero-order valence-electron chi connectivity index (χ0n) is 9.97. The molecule has 1 aromatic rings. The third-order valence-corrected chi connectivity index (χ3v) is 1.69. The van der Waals surface area contributed by atoms with Gasteiger partial charge >= 0.3 is 11.7 Å². The van der Waals surface area contributed by atoms with E-state index in [1.165, 1.54) is 7.11 Å². The Morgan fingerprint density at radius 3 is 2.44 bits per heavy atom. The fraction of sp³-hybridized carbons (Fsp3) is 0.556. The van der Waals surface area contributed by atoms with Gasteiger partial charge in [0.1, 0.15) is 6.61 Å². The first kappa shape index (κ1) is 14.1. The number of hydrogen-bond donors (Lipinski definition) is 1. The standard InChI is InChI=1S/C5H7NO3.C4H6N2O3/c1-8-3-4-2-5(7)9-6-4;1-8-2-3-5-6-4(7)9-3/h2-3H2,1H3;2H2,1H3,(H,6,7). The van der Waals surface area contributed by atoms with Gasteiger partial charge in [-0.05, 0) is 0 Å². The zero-order chi connectivity index (χ0) is 13.4. The summed E-state index contributed by atoms with van der Waals surface area (Å²) < 4.78 is 13.8. The van der Waals surface area contributed by atoms with Gasteiger partial charge in [0.2, 0.25) is 5.89 Å². The maximum absolute atomic E-state index is 10.3. The number of rotatable bonds is 4. The number of nitrogens with zero attached hydrogens (tertiary/aromatic N) is 2. The quantitative estimate of drug-likeness (QED) is 0.720. The average Bonchev–Trinajstić information content (AvgIpc) is 2.90. The summed E-state index contributed by atoms with van der Waals surface area (Å²) in [7, 11) is 3.04. The second-order valence-corrected chi connectivity index (χ2v) is 3.17. The molecule has 0 aromatic carbocycles. The highest BCUT2D eigenvalue weighted by atomic mass is 16.7. The number of nitrogens with one attached hydrogen (secondary N) is 1. The van der Waals surface area contributed by atoms with E-state index in [2.05, 4.69) is 29.3 Å². The zero-order valence-corrected chi connectivity index (χ0v) is 9.97. The lowest BCUT2D eigenvalue weighted by atomic mass is 10.3. The third-order valence-electron chi connectivity index (χ3n) is 1.69. The van der Waals surface area contributed by atoms with Gasteiger partial charge in [0.15, 0.2) is 0 Å². The number of methoxy groups -OCH3 is 2. The van der Waals surface area contributed by atoms with Crippen LogP contribution >= 0.6 is 0 Å². The van der Waals surface area contributed by atoms with Crippen LogP contribution in [0, 0.1) is 0 Å². The number of aromatic amines is 1. The maximum Gasteiger partial charge on any atom is 0.434 e. The third kappa shape index (κ3) is 4.89. The van der Waals surface area contributed by atoms with Gasteiger partial charge in [0.05, 0.1) is 18.7 Å². The molecule has 1 N–H and O–H groups in total. The molecule has 2 rings (SSSR count). The van der Waals surface area contributed by atoms with E-state index in [-0.39, 0.29) is 24.9 Å². The Bertz CT molecular complexity index is 463. The van der Waals surface area contributed by atoms with Crippen LogP contribution in [0.5, 0.6) is 0 Å². The van der Waals surface area contributed by atoms with Crippen LogP contribution in [0.2, 0.25) is 0 Å². The minimum Gasteiger partial charge on any atom is -0.390 e. The summed E-state index contributed by atoms with van der Waals surface area (Å²) in [5.74, 6) is -0.591. The van der Waals surface area contributed by atoms with Crippen LogP contribution in [-0.4, -0.2) is 42.7 Å². The summed E-state index contributed by atoms with van der Waals surface area (Å²) in [6.07, 6.45) is 0.272. The average molecular weight is 259 g/mol. The molecule has 0 fully saturated rings. The molecular weight excluding hydrogens is 246 g/mol. The van der Waals surface area contributed by atoms with Crippen molar-refractivity contribution in [2.45, 2.75) is 13.0 Å². The van der Waals surface area contributed by atoms with Crippen LogP contribution in [0.25, 0.3) is 0 Å². The summed E-state index contributed by atoms with van der Waals surface area (Å²) in [6.45, 7) is 0.602. The first-order valence-corrected chi connectivity index (χ1v) is 4.93. The molecule has 0 saturated carbocycles. The van der Waals surface area contributed by atoms with Crippen LogP contribution in [0.1, 0.15) is 12.3 Å². The van der Waals surface area contributed by atoms with Crippen molar-refractivity contribution in [3.05, 3.63) is 16.4 Å². The minimum atomic E-state index is -0.554. The lowest BCUT2D eigenvalue weighted by Gasteiger charge is -1.89. The molecule has 1 aromatic heterocycles. The van der Waals surface area contributed by atoms with Crippen molar-refractivity contribution < 1.29 is 23.5 Å². The molecule has 0 aliphatic carbocycles. The van der Waals surface area contributed by atoms with Crippen LogP contribution in [0.3, 0.4) is 0 Å². The summed E-state index contributed by atoms with van der Waals surface area (Å²) in [5.41, 5.74) is 0.655. The number of oxime groups is 1. The molecule has 2 heterocycles. The topological polar surface area (TPSA) is 116 Å².